The zero-order valence-corrected chi connectivity index (χ0v) is 14.9. The molecule has 0 spiro atoms. The fourth-order valence-electron chi connectivity index (χ4n) is 2.97. The van der Waals surface area contributed by atoms with E-state index in [1.807, 2.05) is 18.2 Å². The summed E-state index contributed by atoms with van der Waals surface area (Å²) in [5, 5.41) is 14.5. The van der Waals surface area contributed by atoms with Gasteiger partial charge in [0.15, 0.2) is 5.13 Å². The number of hydrogen-bond acceptors (Lipinski definition) is 7. The monoisotopic (exact) mass is 376 g/mol. The lowest BCUT2D eigenvalue weighted by Gasteiger charge is -2.27. The molecule has 3 aromatic rings. The lowest BCUT2D eigenvalue weighted by molar-refractivity contribution is 0.116. The molecule has 1 aliphatic carbocycles. The van der Waals surface area contributed by atoms with Gasteiger partial charge < -0.3 is 15.2 Å². The van der Waals surface area contributed by atoms with Crippen LogP contribution in [0.3, 0.4) is 0 Å². The third-order valence-electron chi connectivity index (χ3n) is 4.22. The number of aliphatic hydroxyl groups excluding tert-OH is 1. The van der Waals surface area contributed by atoms with Crippen molar-refractivity contribution in [2.45, 2.75) is 37.8 Å². The molecule has 0 radical (unpaired) electrons. The van der Waals surface area contributed by atoms with Crippen molar-refractivity contribution in [3.63, 3.8) is 0 Å². The largest absolute Gasteiger partial charge is 0.439 e. The normalized spacial score (nSPS) is 20.6. The summed E-state index contributed by atoms with van der Waals surface area (Å²) in [5.41, 5.74) is 0.894. The topological polar surface area (TPSA) is 80.2 Å². The lowest BCUT2D eigenvalue weighted by Crippen LogP contribution is -2.36. The molecule has 2 aromatic heterocycles. The van der Waals surface area contributed by atoms with E-state index in [0.717, 1.165) is 41.0 Å². The number of aromatic nitrogens is 3. The number of aliphatic hydroxyl groups is 1. The van der Waals surface area contributed by atoms with Crippen LogP contribution in [-0.4, -0.2) is 32.2 Å². The van der Waals surface area contributed by atoms with Crippen molar-refractivity contribution in [1.29, 1.82) is 0 Å². The molecule has 6 nitrogen and oxygen atoms in total. The van der Waals surface area contributed by atoms with Gasteiger partial charge in [-0.05, 0) is 36.6 Å². The molecule has 0 amide bonds. The highest BCUT2D eigenvalue weighted by Crippen LogP contribution is 2.32. The Bertz CT molecular complexity index is 888. The molecule has 0 aliphatic heterocycles. The van der Waals surface area contributed by atoms with E-state index in [1.165, 1.54) is 0 Å². The van der Waals surface area contributed by atoms with Crippen molar-refractivity contribution >= 4 is 38.3 Å². The maximum absolute atomic E-state index is 10.1. The minimum atomic E-state index is -0.304. The fraction of sp³-hybridized carbons (Fsp3) is 0.353. The Balaban J connectivity index is 1.52. The van der Waals surface area contributed by atoms with Gasteiger partial charge in [0.1, 0.15) is 5.75 Å². The highest BCUT2D eigenvalue weighted by atomic mass is 35.5. The fourth-order valence-corrected chi connectivity index (χ4v) is 4.06. The average Bonchev–Trinajstić information content (AvgIpc) is 2.99. The SMILES string of the molecule is O[C@@H]1CCCC[C@H]1Nc1nc2ccc(Oc3ccnc(Cl)n3)cc2s1. The molecular formula is C17H17ClN4O2S. The van der Waals surface area contributed by atoms with Crippen LogP contribution in [-0.2, 0) is 0 Å². The Morgan fingerprint density at radius 3 is 2.92 bits per heavy atom. The van der Waals surface area contributed by atoms with E-state index >= 15 is 0 Å². The Morgan fingerprint density at radius 2 is 2.08 bits per heavy atom. The quantitative estimate of drug-likeness (QED) is 0.662. The molecule has 0 unspecified atom stereocenters. The maximum atomic E-state index is 10.1. The number of anilines is 1. The first kappa shape index (κ1) is 16.5. The Kier molecular flexibility index (Phi) is 4.70. The molecule has 1 aromatic carbocycles. The second-order valence-corrected chi connectivity index (χ2v) is 7.39. The van der Waals surface area contributed by atoms with Gasteiger partial charge in [0, 0.05) is 18.3 Å². The summed E-state index contributed by atoms with van der Waals surface area (Å²) in [6.07, 6.45) is 5.30. The molecule has 8 heteroatoms. The van der Waals surface area contributed by atoms with Gasteiger partial charge >= 0.3 is 0 Å². The lowest BCUT2D eigenvalue weighted by atomic mass is 9.93. The summed E-state index contributed by atoms with van der Waals surface area (Å²) >= 11 is 7.32. The summed E-state index contributed by atoms with van der Waals surface area (Å²) in [4.78, 5) is 12.5. The highest BCUT2D eigenvalue weighted by molar-refractivity contribution is 7.22. The first-order chi connectivity index (χ1) is 12.2. The summed E-state index contributed by atoms with van der Waals surface area (Å²) < 4.78 is 6.73. The predicted octanol–water partition coefficient (Wildman–Crippen LogP) is 4.25. The summed E-state index contributed by atoms with van der Waals surface area (Å²) in [7, 11) is 0. The standard InChI is InChI=1S/C17H17ClN4O2S/c18-16-19-8-7-15(22-16)24-10-5-6-12-14(9-10)25-17(21-12)20-11-3-1-2-4-13(11)23/h5-9,11,13,23H,1-4H2,(H,20,21)/t11-,13-/m1/s1. The highest BCUT2D eigenvalue weighted by Gasteiger charge is 2.23. The van der Waals surface area contributed by atoms with E-state index in [4.69, 9.17) is 16.3 Å². The van der Waals surface area contributed by atoms with Gasteiger partial charge in [-0.2, -0.15) is 4.98 Å². The Morgan fingerprint density at radius 1 is 1.20 bits per heavy atom. The minimum absolute atomic E-state index is 0.0770. The van der Waals surface area contributed by atoms with Gasteiger partial charge in [0.2, 0.25) is 11.2 Å². The molecule has 25 heavy (non-hydrogen) atoms. The first-order valence-electron chi connectivity index (χ1n) is 8.19. The molecule has 4 rings (SSSR count). The van der Waals surface area contributed by atoms with Crippen LogP contribution in [0.4, 0.5) is 5.13 Å². The van der Waals surface area contributed by atoms with Gasteiger partial charge in [0.05, 0.1) is 22.4 Å². The van der Waals surface area contributed by atoms with Gasteiger partial charge in [0.25, 0.3) is 0 Å². The molecule has 0 bridgehead atoms. The van der Waals surface area contributed by atoms with Crippen molar-refractivity contribution in [1.82, 2.24) is 15.0 Å². The molecule has 2 N–H and O–H groups in total. The number of rotatable bonds is 4. The summed E-state index contributed by atoms with van der Waals surface area (Å²) in [5.74, 6) is 1.06. The molecule has 2 atom stereocenters. The molecule has 130 valence electrons. The number of nitrogens with zero attached hydrogens (tertiary/aromatic N) is 3. The summed E-state index contributed by atoms with van der Waals surface area (Å²) in [6.45, 7) is 0. The minimum Gasteiger partial charge on any atom is -0.439 e. The number of ether oxygens (including phenoxy) is 1. The van der Waals surface area contributed by atoms with Crippen LogP contribution in [0.5, 0.6) is 11.6 Å². The molecule has 2 heterocycles. The van der Waals surface area contributed by atoms with Crippen LogP contribution < -0.4 is 10.1 Å². The van der Waals surface area contributed by atoms with Crippen LogP contribution in [0.25, 0.3) is 10.2 Å². The van der Waals surface area contributed by atoms with E-state index in [0.29, 0.717) is 11.6 Å². The van der Waals surface area contributed by atoms with E-state index < -0.39 is 0 Å². The average molecular weight is 377 g/mol. The van der Waals surface area contributed by atoms with Crippen molar-refractivity contribution in [3.8, 4) is 11.6 Å². The van der Waals surface area contributed by atoms with Gasteiger partial charge in [-0.1, -0.05) is 24.2 Å². The Labute approximate surface area is 153 Å². The molecular weight excluding hydrogens is 360 g/mol. The maximum Gasteiger partial charge on any atom is 0.225 e. The molecule has 1 saturated carbocycles. The zero-order chi connectivity index (χ0) is 17.2. The second kappa shape index (κ2) is 7.11. The third-order valence-corrected chi connectivity index (χ3v) is 5.35. The van der Waals surface area contributed by atoms with E-state index in [-0.39, 0.29) is 17.4 Å². The molecule has 1 aliphatic rings. The van der Waals surface area contributed by atoms with Gasteiger partial charge in [-0.25, -0.2) is 9.97 Å². The van der Waals surface area contributed by atoms with Gasteiger partial charge in [-0.3, -0.25) is 0 Å². The summed E-state index contributed by atoms with van der Waals surface area (Å²) in [6, 6.07) is 7.41. The smallest absolute Gasteiger partial charge is 0.225 e. The van der Waals surface area contributed by atoms with Crippen molar-refractivity contribution in [3.05, 3.63) is 35.7 Å². The predicted molar refractivity (Wildman–Crippen MR) is 98.6 cm³/mol. The van der Waals surface area contributed by atoms with Crippen LogP contribution in [0.15, 0.2) is 30.5 Å². The van der Waals surface area contributed by atoms with Crippen molar-refractivity contribution in [2.75, 3.05) is 5.32 Å². The van der Waals surface area contributed by atoms with Crippen LogP contribution in [0.1, 0.15) is 25.7 Å². The number of hydrogen-bond donors (Lipinski definition) is 2. The number of benzene rings is 1. The first-order valence-corrected chi connectivity index (χ1v) is 9.38. The number of fused-ring (bicyclic) bond motifs is 1. The van der Waals surface area contributed by atoms with Crippen LogP contribution in [0.2, 0.25) is 5.28 Å². The number of nitrogens with one attached hydrogen (secondary N) is 1. The number of thiazole rings is 1. The van der Waals surface area contributed by atoms with Crippen LogP contribution >= 0.6 is 22.9 Å². The Hall–Kier alpha value is -1.96. The van der Waals surface area contributed by atoms with Crippen molar-refractivity contribution in [2.24, 2.45) is 0 Å². The van der Waals surface area contributed by atoms with Crippen LogP contribution in [0, 0.1) is 0 Å². The van der Waals surface area contributed by atoms with E-state index in [9.17, 15) is 5.11 Å². The number of halogens is 1. The van der Waals surface area contributed by atoms with E-state index in [2.05, 4.69) is 20.3 Å². The van der Waals surface area contributed by atoms with E-state index in [1.54, 1.807) is 23.6 Å². The van der Waals surface area contributed by atoms with Crippen molar-refractivity contribution < 1.29 is 9.84 Å². The zero-order valence-electron chi connectivity index (χ0n) is 13.4. The third kappa shape index (κ3) is 3.84. The second-order valence-electron chi connectivity index (χ2n) is 6.02. The molecule has 0 saturated heterocycles. The molecule has 1 fully saturated rings. The van der Waals surface area contributed by atoms with Gasteiger partial charge in [-0.15, -0.1) is 0 Å².